The average molecular weight is 477 g/mol. The highest BCUT2D eigenvalue weighted by Crippen LogP contribution is 2.65. The van der Waals surface area contributed by atoms with Crippen molar-refractivity contribution < 1.29 is 19.1 Å². The summed E-state index contributed by atoms with van der Waals surface area (Å²) in [5.41, 5.74) is 1.47. The largest absolute Gasteiger partial charge is 0.457 e. The van der Waals surface area contributed by atoms with E-state index in [0.717, 1.165) is 12.2 Å². The van der Waals surface area contributed by atoms with E-state index in [1.807, 2.05) is 30.3 Å². The summed E-state index contributed by atoms with van der Waals surface area (Å²) in [6.07, 6.45) is 5.45. The summed E-state index contributed by atoms with van der Waals surface area (Å²) in [7, 11) is 0. The van der Waals surface area contributed by atoms with Crippen LogP contribution in [0.15, 0.2) is 91.0 Å². The second-order valence-corrected chi connectivity index (χ2v) is 10.1. The lowest BCUT2D eigenvalue weighted by Crippen LogP contribution is -2.40. The normalized spacial score (nSPS) is 29.1. The second-order valence-electron chi connectivity index (χ2n) is 10.1. The van der Waals surface area contributed by atoms with Crippen LogP contribution in [0, 0.1) is 35.5 Å². The number of nitrogens with one attached hydrogen (secondary N) is 1. The fraction of sp³-hybridized carbons (Fsp3) is 0.233. The van der Waals surface area contributed by atoms with Gasteiger partial charge in [-0.2, -0.15) is 0 Å². The standard InChI is InChI=1S/C30H24N2O4/c33-28(31-18-9-11-21(12-10-18)36-20-7-2-1-3-8-20)17-5-4-6-19(15-17)32-29(34)26-22-13-14-23(25-16-24(22)25)27(26)30(32)35/h1-15,22-27H,16H2,(H,31,33)/t22-,23+,24-,25-,26+,27-/m1/s1. The van der Waals surface area contributed by atoms with Crippen LogP contribution in [0.4, 0.5) is 11.4 Å². The quantitative estimate of drug-likeness (QED) is 0.401. The molecule has 0 aromatic heterocycles. The number of nitrogens with zero attached hydrogens (tertiary/aromatic N) is 1. The molecule has 3 aromatic rings. The zero-order chi connectivity index (χ0) is 24.4. The maximum absolute atomic E-state index is 13.4. The number of amides is 3. The SMILES string of the molecule is O=C(Nc1ccc(Oc2ccccc2)cc1)c1cccc(N2C(=O)[C@@H]3[C@H]4C=C[C@H]([C@H]5C[C@H]45)[C@@H]3C2=O)c1. The van der Waals surface area contributed by atoms with Gasteiger partial charge in [-0.25, -0.2) is 4.90 Å². The van der Waals surface area contributed by atoms with Crippen molar-refractivity contribution in [1.82, 2.24) is 0 Å². The number of benzene rings is 3. The molecule has 178 valence electrons. The summed E-state index contributed by atoms with van der Waals surface area (Å²) in [6, 6.07) is 23.3. The van der Waals surface area contributed by atoms with Crippen LogP contribution in [0.25, 0.3) is 0 Å². The highest BCUT2D eigenvalue weighted by Gasteiger charge is 2.67. The molecule has 3 aromatic carbocycles. The Bertz CT molecular complexity index is 1380. The molecule has 6 heteroatoms. The fourth-order valence-electron chi connectivity index (χ4n) is 6.43. The molecule has 36 heavy (non-hydrogen) atoms. The van der Waals surface area contributed by atoms with Gasteiger partial charge in [-0.05, 0) is 84.7 Å². The van der Waals surface area contributed by atoms with Gasteiger partial charge >= 0.3 is 0 Å². The molecule has 1 heterocycles. The Morgan fingerprint density at radius 1 is 0.778 bits per heavy atom. The molecule has 2 saturated carbocycles. The predicted molar refractivity (Wildman–Crippen MR) is 135 cm³/mol. The molecular formula is C30H24N2O4. The zero-order valence-electron chi connectivity index (χ0n) is 19.4. The van der Waals surface area contributed by atoms with Crippen LogP contribution in [0.1, 0.15) is 16.8 Å². The van der Waals surface area contributed by atoms with Crippen LogP contribution in [-0.4, -0.2) is 17.7 Å². The topological polar surface area (TPSA) is 75.7 Å². The van der Waals surface area contributed by atoms with Crippen molar-refractivity contribution in [3.63, 3.8) is 0 Å². The summed E-state index contributed by atoms with van der Waals surface area (Å²) in [5.74, 6) is 1.77. The van der Waals surface area contributed by atoms with Crippen molar-refractivity contribution in [3.8, 4) is 11.5 Å². The summed E-state index contributed by atoms with van der Waals surface area (Å²) >= 11 is 0. The van der Waals surface area contributed by atoms with Gasteiger partial charge in [0.15, 0.2) is 0 Å². The Balaban J connectivity index is 1.07. The van der Waals surface area contributed by atoms with Crippen LogP contribution in [-0.2, 0) is 9.59 Å². The van der Waals surface area contributed by atoms with Gasteiger partial charge in [-0.15, -0.1) is 0 Å². The maximum Gasteiger partial charge on any atom is 0.255 e. The molecule has 1 aliphatic heterocycles. The first-order chi connectivity index (χ1) is 17.6. The van der Waals surface area contributed by atoms with Crippen molar-refractivity contribution in [1.29, 1.82) is 0 Å². The number of ether oxygens (including phenoxy) is 1. The number of para-hydroxylation sites is 1. The Hall–Kier alpha value is -4.19. The number of anilines is 2. The summed E-state index contributed by atoms with van der Waals surface area (Å²) in [4.78, 5) is 41.1. The molecule has 2 bridgehead atoms. The number of imide groups is 1. The lowest BCUT2D eigenvalue weighted by Gasteiger charge is -2.37. The van der Waals surface area contributed by atoms with Gasteiger partial charge in [0, 0.05) is 11.3 Å². The Labute approximate surface area is 208 Å². The van der Waals surface area contributed by atoms with Crippen molar-refractivity contribution in [2.24, 2.45) is 35.5 Å². The first-order valence-corrected chi connectivity index (χ1v) is 12.4. The van der Waals surface area contributed by atoms with Gasteiger partial charge in [0.25, 0.3) is 5.91 Å². The van der Waals surface area contributed by atoms with Gasteiger partial charge in [-0.3, -0.25) is 14.4 Å². The second kappa shape index (κ2) is 7.92. The van der Waals surface area contributed by atoms with Crippen molar-refractivity contribution in [2.45, 2.75) is 6.42 Å². The van der Waals surface area contributed by atoms with Crippen LogP contribution < -0.4 is 15.0 Å². The number of rotatable bonds is 5. The van der Waals surface area contributed by atoms with Crippen LogP contribution in [0.3, 0.4) is 0 Å². The molecule has 8 rings (SSSR count). The first kappa shape index (κ1) is 21.1. The fourth-order valence-corrected chi connectivity index (χ4v) is 6.43. The minimum absolute atomic E-state index is 0.124. The monoisotopic (exact) mass is 476 g/mol. The highest BCUT2D eigenvalue weighted by molar-refractivity contribution is 6.23. The lowest BCUT2D eigenvalue weighted by molar-refractivity contribution is -0.124. The molecule has 0 radical (unpaired) electrons. The number of hydrogen-bond donors (Lipinski definition) is 1. The van der Waals surface area contributed by atoms with Gasteiger partial charge in [0.1, 0.15) is 11.5 Å². The smallest absolute Gasteiger partial charge is 0.255 e. The Kier molecular flexibility index (Phi) is 4.64. The third-order valence-corrected chi connectivity index (χ3v) is 8.12. The van der Waals surface area contributed by atoms with E-state index in [4.69, 9.17) is 4.74 Å². The van der Waals surface area contributed by atoms with Gasteiger partial charge in [0.2, 0.25) is 11.8 Å². The predicted octanol–water partition coefficient (Wildman–Crippen LogP) is 5.29. The molecule has 5 aliphatic rings. The molecule has 1 saturated heterocycles. The maximum atomic E-state index is 13.4. The number of hydrogen-bond acceptors (Lipinski definition) is 4. The van der Waals surface area contributed by atoms with E-state index in [1.54, 1.807) is 48.5 Å². The van der Waals surface area contributed by atoms with E-state index in [2.05, 4.69) is 17.5 Å². The Morgan fingerprint density at radius 2 is 1.42 bits per heavy atom. The minimum atomic E-state index is -0.312. The average Bonchev–Trinajstić information content (AvgIpc) is 3.69. The molecule has 3 fully saturated rings. The van der Waals surface area contributed by atoms with E-state index >= 15 is 0 Å². The summed E-state index contributed by atoms with van der Waals surface area (Å²) < 4.78 is 5.80. The molecule has 4 aliphatic carbocycles. The number of allylic oxidation sites excluding steroid dienone is 2. The molecule has 0 unspecified atom stereocenters. The van der Waals surface area contributed by atoms with E-state index in [-0.39, 0.29) is 41.4 Å². The van der Waals surface area contributed by atoms with Crippen LogP contribution in [0.2, 0.25) is 0 Å². The van der Waals surface area contributed by atoms with Gasteiger partial charge in [0.05, 0.1) is 17.5 Å². The molecule has 6 nitrogen and oxygen atoms in total. The minimum Gasteiger partial charge on any atom is -0.457 e. The number of carbonyl (C=O) groups excluding carboxylic acids is 3. The van der Waals surface area contributed by atoms with E-state index in [0.29, 0.717) is 34.5 Å². The van der Waals surface area contributed by atoms with Crippen LogP contribution in [0.5, 0.6) is 11.5 Å². The van der Waals surface area contributed by atoms with Crippen molar-refractivity contribution >= 4 is 29.1 Å². The zero-order valence-corrected chi connectivity index (χ0v) is 19.4. The lowest BCUT2D eigenvalue weighted by atomic mass is 9.63. The highest BCUT2D eigenvalue weighted by atomic mass is 16.5. The number of carbonyl (C=O) groups is 3. The molecular weight excluding hydrogens is 452 g/mol. The van der Waals surface area contributed by atoms with Crippen molar-refractivity contribution in [3.05, 3.63) is 96.6 Å². The van der Waals surface area contributed by atoms with Gasteiger partial charge in [-0.1, -0.05) is 36.4 Å². The third kappa shape index (κ3) is 3.28. The first-order valence-electron chi connectivity index (χ1n) is 12.4. The molecule has 0 spiro atoms. The van der Waals surface area contributed by atoms with Crippen molar-refractivity contribution in [2.75, 3.05) is 10.2 Å². The summed E-state index contributed by atoms with van der Waals surface area (Å²) in [5, 5.41) is 2.88. The van der Waals surface area contributed by atoms with E-state index in [1.165, 1.54) is 4.90 Å². The Morgan fingerprint density at radius 3 is 2.08 bits per heavy atom. The third-order valence-electron chi connectivity index (χ3n) is 8.12. The van der Waals surface area contributed by atoms with Gasteiger partial charge < -0.3 is 10.1 Å². The van der Waals surface area contributed by atoms with E-state index < -0.39 is 0 Å². The molecule has 3 amide bonds. The molecule has 6 atom stereocenters. The summed E-state index contributed by atoms with van der Waals surface area (Å²) in [6.45, 7) is 0. The van der Waals surface area contributed by atoms with E-state index in [9.17, 15) is 14.4 Å². The van der Waals surface area contributed by atoms with Crippen LogP contribution >= 0.6 is 0 Å². The molecule has 1 N–H and O–H groups in total.